The number of carbonyl (C=O) groups is 1. The second-order valence-electron chi connectivity index (χ2n) is 5.31. The highest BCUT2D eigenvalue weighted by atomic mass is 35.5. The summed E-state index contributed by atoms with van der Waals surface area (Å²) in [5.41, 5.74) is 1.63. The van der Waals surface area contributed by atoms with Crippen molar-refractivity contribution in [2.45, 2.75) is 4.90 Å². The lowest BCUT2D eigenvalue weighted by atomic mass is 10.1. The summed E-state index contributed by atoms with van der Waals surface area (Å²) in [5.74, 6) is -0.813. The summed E-state index contributed by atoms with van der Waals surface area (Å²) in [5, 5.41) is 4.54. The Balaban J connectivity index is 1.93. The van der Waals surface area contributed by atoms with Crippen molar-refractivity contribution in [1.29, 1.82) is 0 Å². The lowest BCUT2D eigenvalue weighted by molar-refractivity contribution is 0.0940. The molecule has 3 rings (SSSR count). The van der Waals surface area contributed by atoms with Crippen LogP contribution in [-0.2, 0) is 17.1 Å². The van der Waals surface area contributed by atoms with Gasteiger partial charge in [-0.15, -0.1) is 4.83 Å². The fourth-order valence-corrected chi connectivity index (χ4v) is 3.72. The molecule has 134 valence electrons. The summed E-state index contributed by atoms with van der Waals surface area (Å²) >= 11 is 5.88. The number of benzene rings is 2. The summed E-state index contributed by atoms with van der Waals surface area (Å²) in [6.07, 6.45) is 0. The van der Waals surface area contributed by atoms with Crippen molar-refractivity contribution in [3.8, 4) is 0 Å². The molecule has 10 heteroatoms. The predicted molar refractivity (Wildman–Crippen MR) is 96.2 cm³/mol. The average molecular weight is 393 g/mol. The lowest BCUT2D eigenvalue weighted by Gasteiger charge is -2.11. The number of rotatable bonds is 4. The molecule has 2 N–H and O–H groups in total. The van der Waals surface area contributed by atoms with E-state index < -0.39 is 15.9 Å². The van der Waals surface area contributed by atoms with Crippen LogP contribution in [0.5, 0.6) is 0 Å². The standard InChI is InChI=1S/C16H13ClN4O4S/c1-21-16(23)11-7-3-2-6-10(11)14(19-21)15(22)18-20-26(24,25)13-9-5-4-8-12(13)17/h2-9,20H,1H3,(H,18,22). The number of fused-ring (bicyclic) bond motifs is 1. The number of nitrogens with zero attached hydrogens (tertiary/aromatic N) is 2. The first-order chi connectivity index (χ1) is 12.3. The maximum atomic E-state index is 12.4. The first-order valence-corrected chi connectivity index (χ1v) is 9.20. The van der Waals surface area contributed by atoms with Crippen LogP contribution in [0.15, 0.2) is 58.2 Å². The molecule has 0 radical (unpaired) electrons. The Morgan fingerprint density at radius 1 is 1.08 bits per heavy atom. The highest BCUT2D eigenvalue weighted by Gasteiger charge is 2.21. The van der Waals surface area contributed by atoms with E-state index in [1.165, 1.54) is 25.2 Å². The number of aryl methyl sites for hydroxylation is 1. The van der Waals surface area contributed by atoms with E-state index in [4.69, 9.17) is 11.6 Å². The number of carbonyl (C=O) groups excluding carboxylic acids is 1. The first kappa shape index (κ1) is 18.1. The summed E-state index contributed by atoms with van der Waals surface area (Å²) in [7, 11) is -2.67. The molecule has 0 saturated heterocycles. The minimum Gasteiger partial charge on any atom is -0.272 e. The van der Waals surface area contributed by atoms with E-state index in [-0.39, 0.29) is 21.2 Å². The van der Waals surface area contributed by atoms with Gasteiger partial charge in [0.25, 0.3) is 21.5 Å². The van der Waals surface area contributed by atoms with Crippen LogP contribution in [0.4, 0.5) is 0 Å². The van der Waals surface area contributed by atoms with Crippen molar-refractivity contribution in [3.05, 3.63) is 69.6 Å². The molecule has 0 bridgehead atoms. The smallest absolute Gasteiger partial charge is 0.272 e. The van der Waals surface area contributed by atoms with E-state index in [0.29, 0.717) is 10.8 Å². The molecule has 0 saturated carbocycles. The lowest BCUT2D eigenvalue weighted by Crippen LogP contribution is -2.42. The van der Waals surface area contributed by atoms with Crippen molar-refractivity contribution >= 4 is 38.3 Å². The molecule has 0 aliphatic rings. The van der Waals surface area contributed by atoms with Crippen LogP contribution in [0.3, 0.4) is 0 Å². The molecule has 0 fully saturated rings. The van der Waals surface area contributed by atoms with Crippen LogP contribution in [0.25, 0.3) is 10.8 Å². The Morgan fingerprint density at radius 2 is 1.69 bits per heavy atom. The van der Waals surface area contributed by atoms with E-state index in [1.54, 1.807) is 30.3 Å². The zero-order valence-corrected chi connectivity index (χ0v) is 15.0. The molecule has 0 aliphatic heterocycles. The van der Waals surface area contributed by atoms with Gasteiger partial charge in [-0.25, -0.2) is 13.1 Å². The normalized spacial score (nSPS) is 11.5. The highest BCUT2D eigenvalue weighted by Crippen LogP contribution is 2.19. The van der Waals surface area contributed by atoms with Gasteiger partial charge >= 0.3 is 0 Å². The van der Waals surface area contributed by atoms with Gasteiger partial charge in [-0.1, -0.05) is 41.9 Å². The molecule has 0 atom stereocenters. The van der Waals surface area contributed by atoms with Gasteiger partial charge in [0.2, 0.25) is 0 Å². The van der Waals surface area contributed by atoms with E-state index >= 15 is 0 Å². The van der Waals surface area contributed by atoms with Crippen LogP contribution in [0.1, 0.15) is 10.5 Å². The number of halogens is 1. The quantitative estimate of drug-likeness (QED) is 0.648. The second kappa shape index (κ2) is 6.87. The number of hydrazine groups is 1. The molecule has 0 unspecified atom stereocenters. The van der Waals surface area contributed by atoms with E-state index in [2.05, 4.69) is 10.5 Å². The molecular formula is C16H13ClN4O4S. The fraction of sp³-hybridized carbons (Fsp3) is 0.0625. The topological polar surface area (TPSA) is 110 Å². The van der Waals surface area contributed by atoms with Crippen LogP contribution in [0, 0.1) is 0 Å². The number of sulfonamides is 1. The molecule has 26 heavy (non-hydrogen) atoms. The second-order valence-corrected chi connectivity index (χ2v) is 7.37. The Morgan fingerprint density at radius 3 is 2.38 bits per heavy atom. The van der Waals surface area contributed by atoms with Crippen LogP contribution in [0.2, 0.25) is 5.02 Å². The summed E-state index contributed by atoms with van der Waals surface area (Å²) in [4.78, 5) is 26.3. The third kappa shape index (κ3) is 3.32. The van der Waals surface area contributed by atoms with Crippen molar-refractivity contribution in [3.63, 3.8) is 0 Å². The van der Waals surface area contributed by atoms with E-state index in [1.807, 2.05) is 4.83 Å². The van der Waals surface area contributed by atoms with Crippen molar-refractivity contribution in [1.82, 2.24) is 20.0 Å². The van der Waals surface area contributed by atoms with E-state index in [9.17, 15) is 18.0 Å². The van der Waals surface area contributed by atoms with Crippen LogP contribution >= 0.6 is 11.6 Å². The minimum absolute atomic E-state index is 0.0138. The molecule has 1 aromatic heterocycles. The number of hydrogen-bond acceptors (Lipinski definition) is 5. The molecule has 8 nitrogen and oxygen atoms in total. The van der Waals surface area contributed by atoms with E-state index in [0.717, 1.165) is 4.68 Å². The molecule has 0 aliphatic carbocycles. The summed E-state index contributed by atoms with van der Waals surface area (Å²) < 4.78 is 25.6. The maximum Gasteiger partial charge on any atom is 0.287 e. The summed E-state index contributed by atoms with van der Waals surface area (Å²) in [6, 6.07) is 12.2. The van der Waals surface area contributed by atoms with Crippen molar-refractivity contribution in [2.24, 2.45) is 7.05 Å². The van der Waals surface area contributed by atoms with Crippen molar-refractivity contribution < 1.29 is 13.2 Å². The third-order valence-electron chi connectivity index (χ3n) is 3.60. The van der Waals surface area contributed by atoms with Gasteiger partial charge in [-0.3, -0.25) is 15.0 Å². The Labute approximate surface area is 153 Å². The number of nitrogens with one attached hydrogen (secondary N) is 2. The molecule has 1 heterocycles. The van der Waals surface area contributed by atoms with Gasteiger partial charge in [0.15, 0.2) is 5.69 Å². The number of amides is 1. The SMILES string of the molecule is Cn1nc(C(=O)NNS(=O)(=O)c2ccccc2Cl)c2ccccc2c1=O. The Bertz CT molecular complexity index is 1170. The number of hydrogen-bond donors (Lipinski definition) is 2. The monoisotopic (exact) mass is 392 g/mol. The fourth-order valence-electron chi connectivity index (χ4n) is 2.36. The minimum atomic E-state index is -4.08. The molecule has 2 aromatic carbocycles. The van der Waals surface area contributed by atoms with Gasteiger partial charge in [0.05, 0.1) is 10.4 Å². The molecule has 0 spiro atoms. The van der Waals surface area contributed by atoms with Crippen molar-refractivity contribution in [2.75, 3.05) is 0 Å². The Kier molecular flexibility index (Phi) is 4.77. The third-order valence-corrected chi connectivity index (χ3v) is 5.34. The molecule has 1 amide bonds. The van der Waals surface area contributed by atoms with Crippen LogP contribution in [-0.4, -0.2) is 24.1 Å². The average Bonchev–Trinajstić information content (AvgIpc) is 2.63. The van der Waals surface area contributed by atoms with Crippen LogP contribution < -0.4 is 15.8 Å². The maximum absolute atomic E-state index is 12.4. The largest absolute Gasteiger partial charge is 0.287 e. The molecule has 3 aromatic rings. The van der Waals surface area contributed by atoms with Gasteiger partial charge in [-0.2, -0.15) is 5.10 Å². The zero-order valence-electron chi connectivity index (χ0n) is 13.4. The molecular weight excluding hydrogens is 380 g/mol. The Hall–Kier alpha value is -2.75. The number of aromatic nitrogens is 2. The van der Waals surface area contributed by atoms with Gasteiger partial charge < -0.3 is 0 Å². The van der Waals surface area contributed by atoms with Gasteiger partial charge in [-0.05, 0) is 18.2 Å². The predicted octanol–water partition coefficient (Wildman–Crippen LogP) is 1.21. The van der Waals surface area contributed by atoms with Gasteiger partial charge in [0, 0.05) is 12.4 Å². The first-order valence-electron chi connectivity index (χ1n) is 7.34. The van der Waals surface area contributed by atoms with Gasteiger partial charge in [0.1, 0.15) is 4.90 Å². The summed E-state index contributed by atoms with van der Waals surface area (Å²) in [6.45, 7) is 0. The zero-order chi connectivity index (χ0) is 18.9. The highest BCUT2D eigenvalue weighted by molar-refractivity contribution is 7.89.